The smallest absolute Gasteiger partial charge is 0.108 e. The second-order valence-corrected chi connectivity index (χ2v) is 5.14. The maximum Gasteiger partial charge on any atom is 0.108 e. The molecule has 0 aliphatic heterocycles. The molecule has 2 aromatic carbocycles. The molecule has 1 nitrogen and oxygen atoms in total. The summed E-state index contributed by atoms with van der Waals surface area (Å²) in [7, 11) is 0. The summed E-state index contributed by atoms with van der Waals surface area (Å²) >= 11 is 0. The standard InChI is InChI=1S/C17H18O/c1-12(2)18-17-15-9-5-3-7-13(15)11-14-8-4-6-10-16(14)17/h3-10,12,17H,11H2,1-2H3. The molecule has 0 fully saturated rings. The first-order chi connectivity index (χ1) is 8.75. The van der Waals surface area contributed by atoms with Crippen LogP contribution in [0.25, 0.3) is 0 Å². The Labute approximate surface area is 108 Å². The molecule has 0 aromatic heterocycles. The Morgan fingerprint density at radius 2 is 1.39 bits per heavy atom. The van der Waals surface area contributed by atoms with Gasteiger partial charge in [0.1, 0.15) is 6.10 Å². The predicted octanol–water partition coefficient (Wildman–Crippen LogP) is 4.11. The van der Waals surface area contributed by atoms with Crippen molar-refractivity contribution in [1.82, 2.24) is 0 Å². The van der Waals surface area contributed by atoms with E-state index in [-0.39, 0.29) is 12.2 Å². The number of fused-ring (bicyclic) bond motifs is 2. The van der Waals surface area contributed by atoms with Crippen LogP contribution in [0.3, 0.4) is 0 Å². The van der Waals surface area contributed by atoms with Crippen LogP contribution in [-0.2, 0) is 11.2 Å². The van der Waals surface area contributed by atoms with Gasteiger partial charge in [0, 0.05) is 0 Å². The molecule has 0 unspecified atom stereocenters. The van der Waals surface area contributed by atoms with Crippen LogP contribution in [0.1, 0.15) is 42.2 Å². The van der Waals surface area contributed by atoms with Crippen molar-refractivity contribution < 1.29 is 4.74 Å². The van der Waals surface area contributed by atoms with E-state index >= 15 is 0 Å². The Morgan fingerprint density at radius 3 is 1.89 bits per heavy atom. The lowest BCUT2D eigenvalue weighted by atomic mass is 9.84. The molecule has 1 heteroatoms. The van der Waals surface area contributed by atoms with Crippen molar-refractivity contribution in [1.29, 1.82) is 0 Å². The van der Waals surface area contributed by atoms with Gasteiger partial charge >= 0.3 is 0 Å². The number of hydrogen-bond donors (Lipinski definition) is 0. The van der Waals surface area contributed by atoms with Gasteiger partial charge in [0.2, 0.25) is 0 Å². The highest BCUT2D eigenvalue weighted by Crippen LogP contribution is 2.37. The zero-order valence-corrected chi connectivity index (χ0v) is 10.9. The lowest BCUT2D eigenvalue weighted by Gasteiger charge is -2.29. The van der Waals surface area contributed by atoms with Crippen LogP contribution in [0.5, 0.6) is 0 Å². The van der Waals surface area contributed by atoms with Crippen LogP contribution in [0.2, 0.25) is 0 Å². The summed E-state index contributed by atoms with van der Waals surface area (Å²) in [5.74, 6) is 0. The molecule has 0 saturated heterocycles. The fourth-order valence-corrected chi connectivity index (χ4v) is 2.69. The first-order valence-electron chi connectivity index (χ1n) is 6.57. The van der Waals surface area contributed by atoms with E-state index in [0.29, 0.717) is 0 Å². The van der Waals surface area contributed by atoms with Gasteiger partial charge in [-0.05, 0) is 42.5 Å². The maximum absolute atomic E-state index is 6.14. The molecule has 0 amide bonds. The minimum Gasteiger partial charge on any atom is -0.366 e. The molecule has 0 spiro atoms. The van der Waals surface area contributed by atoms with Crippen LogP contribution >= 0.6 is 0 Å². The Hall–Kier alpha value is -1.60. The average molecular weight is 238 g/mol. The largest absolute Gasteiger partial charge is 0.366 e. The van der Waals surface area contributed by atoms with E-state index in [1.807, 2.05) is 0 Å². The average Bonchev–Trinajstić information content (AvgIpc) is 2.38. The van der Waals surface area contributed by atoms with Crippen molar-refractivity contribution >= 4 is 0 Å². The normalized spacial score (nSPS) is 14.4. The van der Waals surface area contributed by atoms with Crippen LogP contribution in [-0.4, -0.2) is 6.10 Å². The maximum atomic E-state index is 6.14. The van der Waals surface area contributed by atoms with Crippen LogP contribution in [0.15, 0.2) is 48.5 Å². The third-order valence-electron chi connectivity index (χ3n) is 3.46. The fraction of sp³-hybridized carbons (Fsp3) is 0.294. The highest BCUT2D eigenvalue weighted by atomic mass is 16.5. The number of rotatable bonds is 2. The summed E-state index contributed by atoms with van der Waals surface area (Å²) in [4.78, 5) is 0. The molecule has 1 aliphatic carbocycles. The summed E-state index contributed by atoms with van der Waals surface area (Å²) < 4.78 is 6.14. The predicted molar refractivity (Wildman–Crippen MR) is 73.8 cm³/mol. The number of ether oxygens (including phenoxy) is 1. The van der Waals surface area contributed by atoms with Crippen molar-refractivity contribution in [2.24, 2.45) is 0 Å². The van der Waals surface area contributed by atoms with Crippen molar-refractivity contribution in [2.45, 2.75) is 32.5 Å². The van der Waals surface area contributed by atoms with Crippen molar-refractivity contribution in [3.05, 3.63) is 70.8 Å². The Balaban J connectivity index is 2.11. The van der Waals surface area contributed by atoms with Gasteiger partial charge in [-0.15, -0.1) is 0 Å². The molecule has 2 aromatic rings. The Kier molecular flexibility index (Phi) is 2.92. The molecular formula is C17H18O. The molecule has 0 heterocycles. The summed E-state index contributed by atoms with van der Waals surface area (Å²) in [6.45, 7) is 4.19. The highest BCUT2D eigenvalue weighted by Gasteiger charge is 2.26. The number of hydrogen-bond acceptors (Lipinski definition) is 1. The molecule has 0 N–H and O–H groups in total. The topological polar surface area (TPSA) is 9.23 Å². The van der Waals surface area contributed by atoms with Gasteiger partial charge in [0.05, 0.1) is 6.10 Å². The first kappa shape index (κ1) is 11.5. The zero-order chi connectivity index (χ0) is 12.5. The van der Waals surface area contributed by atoms with Crippen molar-refractivity contribution in [2.75, 3.05) is 0 Å². The molecule has 0 bridgehead atoms. The molecule has 0 radical (unpaired) electrons. The Morgan fingerprint density at radius 1 is 0.889 bits per heavy atom. The molecular weight excluding hydrogens is 220 g/mol. The van der Waals surface area contributed by atoms with Crippen LogP contribution in [0, 0.1) is 0 Å². The van der Waals surface area contributed by atoms with E-state index in [1.165, 1.54) is 22.3 Å². The fourth-order valence-electron chi connectivity index (χ4n) is 2.69. The SMILES string of the molecule is CC(C)OC1c2ccccc2Cc2ccccc21. The lowest BCUT2D eigenvalue weighted by molar-refractivity contribution is 0.0284. The van der Waals surface area contributed by atoms with E-state index in [9.17, 15) is 0 Å². The minimum atomic E-state index is 0.0890. The molecule has 1 aliphatic rings. The molecule has 3 rings (SSSR count). The summed E-state index contributed by atoms with van der Waals surface area (Å²) in [6, 6.07) is 17.2. The van der Waals surface area contributed by atoms with E-state index in [1.54, 1.807) is 0 Å². The van der Waals surface area contributed by atoms with E-state index < -0.39 is 0 Å². The monoisotopic (exact) mass is 238 g/mol. The molecule has 18 heavy (non-hydrogen) atoms. The Bertz CT molecular complexity index is 512. The van der Waals surface area contributed by atoms with Gasteiger partial charge in [0.25, 0.3) is 0 Å². The quantitative estimate of drug-likeness (QED) is 0.765. The van der Waals surface area contributed by atoms with Gasteiger partial charge in [-0.2, -0.15) is 0 Å². The van der Waals surface area contributed by atoms with Crippen molar-refractivity contribution in [3.8, 4) is 0 Å². The zero-order valence-electron chi connectivity index (χ0n) is 10.9. The number of benzene rings is 2. The van der Waals surface area contributed by atoms with Gasteiger partial charge in [-0.3, -0.25) is 0 Å². The van der Waals surface area contributed by atoms with E-state index in [2.05, 4.69) is 62.4 Å². The van der Waals surface area contributed by atoms with Gasteiger partial charge in [-0.1, -0.05) is 48.5 Å². The summed E-state index contributed by atoms with van der Waals surface area (Å²) in [5, 5.41) is 0. The molecule has 0 saturated carbocycles. The lowest BCUT2D eigenvalue weighted by Crippen LogP contribution is -2.19. The van der Waals surface area contributed by atoms with Crippen LogP contribution < -0.4 is 0 Å². The second-order valence-electron chi connectivity index (χ2n) is 5.14. The second kappa shape index (κ2) is 4.58. The third kappa shape index (κ3) is 1.95. The highest BCUT2D eigenvalue weighted by molar-refractivity contribution is 5.47. The van der Waals surface area contributed by atoms with Crippen LogP contribution in [0.4, 0.5) is 0 Å². The molecule has 92 valence electrons. The van der Waals surface area contributed by atoms with Gasteiger partial charge in [-0.25, -0.2) is 0 Å². The minimum absolute atomic E-state index is 0.0890. The van der Waals surface area contributed by atoms with Crippen molar-refractivity contribution in [3.63, 3.8) is 0 Å². The van der Waals surface area contributed by atoms with Gasteiger partial charge < -0.3 is 4.74 Å². The first-order valence-corrected chi connectivity index (χ1v) is 6.57. The third-order valence-corrected chi connectivity index (χ3v) is 3.46. The molecule has 0 atom stereocenters. The van der Waals surface area contributed by atoms with Gasteiger partial charge in [0.15, 0.2) is 0 Å². The summed E-state index contributed by atoms with van der Waals surface area (Å²) in [6.07, 6.45) is 1.34. The summed E-state index contributed by atoms with van der Waals surface area (Å²) in [5.41, 5.74) is 5.43. The van der Waals surface area contributed by atoms with E-state index in [4.69, 9.17) is 4.74 Å². The van der Waals surface area contributed by atoms with E-state index in [0.717, 1.165) is 6.42 Å².